The Morgan fingerprint density at radius 3 is 1.47 bits per heavy atom. The van der Waals surface area contributed by atoms with Crippen molar-refractivity contribution in [3.8, 4) is 0 Å². The lowest BCUT2D eigenvalue weighted by Crippen LogP contribution is -2.56. The Hall–Kier alpha value is -8.22. The summed E-state index contributed by atoms with van der Waals surface area (Å²) in [6.07, 6.45) is -2.10. The van der Waals surface area contributed by atoms with Gasteiger partial charge in [-0.3, -0.25) is 55.7 Å². The standard InChI is InChI=1S/C45H58N10O19/c1-24(2)19-44(50,42(62)73-52-27-10-12-28(13-11-27)54(64)65)71-40(60)34(48)22-69-38(58)32(46)17-30(56)18-33(47)39(59)70-23-35(49)41(61)72-45(51,20-25(3)4)43(63)74-53-36-15-14-29(55(66)67)16-31(36)37(57)68-21-26-8-6-5-7-9-26/h5-16,24-25,32-35,52-53H,17-23,46-51H2,1-4H3. The SMILES string of the molecule is CC(C)CC(N)(OC(=O)C(N)COC(=O)C(N)CC(=O)CC(N)C(=O)OCC(N)C(=O)OC(N)(CC(C)C)C(=O)ONc1ccc([N+](=O)[O-])cc1C(=O)OCc1ccccc1)C(=O)ONc1ccc([N+](=O)[O-])cc1. The van der Waals surface area contributed by atoms with Crippen molar-refractivity contribution < 1.29 is 81.6 Å². The number of rotatable bonds is 29. The van der Waals surface area contributed by atoms with Gasteiger partial charge in [0.2, 0.25) is 0 Å². The van der Waals surface area contributed by atoms with E-state index in [2.05, 4.69) is 11.0 Å². The van der Waals surface area contributed by atoms with Crippen molar-refractivity contribution in [2.75, 3.05) is 24.2 Å². The van der Waals surface area contributed by atoms with E-state index in [1.54, 1.807) is 58.0 Å². The maximum Gasteiger partial charge on any atom is 0.390 e. The Morgan fingerprint density at radius 2 is 1.03 bits per heavy atom. The van der Waals surface area contributed by atoms with E-state index in [0.29, 0.717) is 5.56 Å². The van der Waals surface area contributed by atoms with Crippen molar-refractivity contribution in [3.63, 3.8) is 0 Å². The molecule has 402 valence electrons. The third-order valence-electron chi connectivity index (χ3n) is 9.84. The minimum atomic E-state index is -2.55. The number of nitro benzene ring substituents is 2. The van der Waals surface area contributed by atoms with E-state index >= 15 is 0 Å². The summed E-state index contributed by atoms with van der Waals surface area (Å²) in [5.74, 6) is -10.5. The van der Waals surface area contributed by atoms with Crippen molar-refractivity contribution >= 4 is 70.3 Å². The Kier molecular flexibility index (Phi) is 22.4. The number of hydrogen-bond acceptors (Lipinski definition) is 27. The number of carbonyl (C=O) groups is 8. The predicted molar refractivity (Wildman–Crippen MR) is 254 cm³/mol. The van der Waals surface area contributed by atoms with E-state index < -0.39 is 136 Å². The number of Topliss-reactive ketones (excluding diaryl/α,β-unsaturated/α-hetero) is 1. The third-order valence-corrected chi connectivity index (χ3v) is 9.84. The number of ketones is 1. The zero-order valence-electron chi connectivity index (χ0n) is 40.5. The van der Waals surface area contributed by atoms with Gasteiger partial charge in [-0.1, -0.05) is 58.0 Å². The normalized spacial score (nSPS) is 14.3. The molecule has 0 bridgehead atoms. The van der Waals surface area contributed by atoms with E-state index in [1.807, 2.05) is 0 Å². The van der Waals surface area contributed by atoms with E-state index in [0.717, 1.165) is 30.3 Å². The molecule has 6 unspecified atom stereocenters. The Morgan fingerprint density at radius 1 is 0.581 bits per heavy atom. The van der Waals surface area contributed by atoms with Crippen LogP contribution in [0.1, 0.15) is 69.3 Å². The molecular weight excluding hydrogens is 985 g/mol. The van der Waals surface area contributed by atoms with Crippen LogP contribution in [0, 0.1) is 32.1 Å². The molecule has 0 amide bonds. The summed E-state index contributed by atoms with van der Waals surface area (Å²) < 4.78 is 25.6. The van der Waals surface area contributed by atoms with Crippen LogP contribution >= 0.6 is 0 Å². The molecule has 14 N–H and O–H groups in total. The number of anilines is 2. The molecule has 29 nitrogen and oxygen atoms in total. The van der Waals surface area contributed by atoms with Gasteiger partial charge in [-0.15, -0.1) is 0 Å². The zero-order valence-corrected chi connectivity index (χ0v) is 40.5. The van der Waals surface area contributed by atoms with Crippen molar-refractivity contribution in [1.29, 1.82) is 0 Å². The van der Waals surface area contributed by atoms with Gasteiger partial charge in [0.15, 0.2) is 0 Å². The first-order chi connectivity index (χ1) is 34.6. The average molecular weight is 1040 g/mol. The molecule has 3 aromatic rings. The molecule has 0 aromatic heterocycles. The van der Waals surface area contributed by atoms with Crippen LogP contribution in [0.2, 0.25) is 0 Å². The highest BCUT2D eigenvalue weighted by molar-refractivity contribution is 5.97. The summed E-state index contributed by atoms with van der Waals surface area (Å²) in [5.41, 5.74) is 34.4. The molecule has 0 saturated heterocycles. The van der Waals surface area contributed by atoms with Gasteiger partial charge in [0.05, 0.1) is 26.8 Å². The lowest BCUT2D eigenvalue weighted by atomic mass is 10.0. The van der Waals surface area contributed by atoms with Crippen LogP contribution in [0.15, 0.2) is 72.8 Å². The average Bonchev–Trinajstić information content (AvgIpc) is 3.34. The highest BCUT2D eigenvalue weighted by Crippen LogP contribution is 2.26. The van der Waals surface area contributed by atoms with E-state index in [-0.39, 0.29) is 42.4 Å². The van der Waals surface area contributed by atoms with Crippen LogP contribution in [0.25, 0.3) is 0 Å². The van der Waals surface area contributed by atoms with Crippen molar-refractivity contribution in [3.05, 3.63) is 104 Å². The van der Waals surface area contributed by atoms with Gasteiger partial charge >= 0.3 is 41.8 Å². The topological polar surface area (TPSA) is 468 Å². The summed E-state index contributed by atoms with van der Waals surface area (Å²) in [6, 6.07) is 9.32. The van der Waals surface area contributed by atoms with Crippen molar-refractivity contribution in [2.24, 2.45) is 46.2 Å². The highest BCUT2D eigenvalue weighted by Gasteiger charge is 2.44. The first-order valence-electron chi connectivity index (χ1n) is 22.2. The fourth-order valence-corrected chi connectivity index (χ4v) is 6.23. The highest BCUT2D eigenvalue weighted by atomic mass is 16.7. The Bertz CT molecular complexity index is 2520. The van der Waals surface area contributed by atoms with Crippen LogP contribution in [0.3, 0.4) is 0 Å². The minimum absolute atomic E-state index is 0.114. The molecule has 0 heterocycles. The Labute approximate surface area is 421 Å². The van der Waals surface area contributed by atoms with Gasteiger partial charge in [-0.05, 0) is 35.6 Å². The van der Waals surface area contributed by atoms with Crippen LogP contribution in [0.5, 0.6) is 0 Å². The van der Waals surface area contributed by atoms with Gasteiger partial charge in [0.1, 0.15) is 49.8 Å². The molecule has 3 rings (SSSR count). The first-order valence-corrected chi connectivity index (χ1v) is 22.2. The van der Waals surface area contributed by atoms with Crippen molar-refractivity contribution in [2.45, 2.75) is 95.6 Å². The van der Waals surface area contributed by atoms with E-state index in [1.165, 1.54) is 12.1 Å². The maximum absolute atomic E-state index is 13.4. The lowest BCUT2D eigenvalue weighted by molar-refractivity contribution is -0.385. The van der Waals surface area contributed by atoms with Gasteiger partial charge in [-0.2, -0.15) is 0 Å². The maximum atomic E-state index is 13.4. The minimum Gasteiger partial charge on any atom is -0.462 e. The molecule has 0 saturated carbocycles. The summed E-state index contributed by atoms with van der Waals surface area (Å²) in [6.45, 7) is 4.55. The van der Waals surface area contributed by atoms with Crippen LogP contribution in [-0.4, -0.2) is 106 Å². The monoisotopic (exact) mass is 1040 g/mol. The first kappa shape index (κ1) is 60.1. The number of non-ortho nitro benzene ring substituents is 2. The summed E-state index contributed by atoms with van der Waals surface area (Å²) in [5, 5.41) is 22.4. The second kappa shape index (κ2) is 27.6. The number of esters is 5. The molecule has 29 heteroatoms. The molecule has 3 aromatic carbocycles. The quantitative estimate of drug-likeness (QED) is 0.0155. The van der Waals surface area contributed by atoms with Crippen molar-refractivity contribution in [1.82, 2.24) is 0 Å². The van der Waals surface area contributed by atoms with Crippen LogP contribution in [0.4, 0.5) is 22.7 Å². The number of nitrogens with one attached hydrogen (secondary N) is 2. The molecule has 0 fully saturated rings. The number of nitrogens with two attached hydrogens (primary N) is 6. The van der Waals surface area contributed by atoms with Crippen LogP contribution < -0.4 is 45.4 Å². The van der Waals surface area contributed by atoms with Gasteiger partial charge in [0, 0.05) is 49.9 Å². The second-order valence-corrected chi connectivity index (χ2v) is 17.3. The smallest absolute Gasteiger partial charge is 0.390 e. The largest absolute Gasteiger partial charge is 0.462 e. The van der Waals surface area contributed by atoms with Gasteiger partial charge < -0.3 is 56.3 Å². The summed E-state index contributed by atoms with van der Waals surface area (Å²) in [7, 11) is 0. The summed E-state index contributed by atoms with van der Waals surface area (Å²) in [4.78, 5) is 134. The predicted octanol–water partition coefficient (Wildman–Crippen LogP) is 0.534. The number of benzene rings is 3. The summed E-state index contributed by atoms with van der Waals surface area (Å²) >= 11 is 0. The van der Waals surface area contributed by atoms with Gasteiger partial charge in [-0.25, -0.2) is 25.3 Å². The molecule has 0 aliphatic heterocycles. The van der Waals surface area contributed by atoms with Gasteiger partial charge in [0.25, 0.3) is 22.8 Å². The van der Waals surface area contributed by atoms with E-state index in [9.17, 15) is 58.6 Å². The third kappa shape index (κ3) is 18.8. The molecule has 0 aliphatic carbocycles. The van der Waals surface area contributed by atoms with E-state index in [4.69, 9.17) is 67.8 Å². The number of hydrogen-bond donors (Lipinski definition) is 8. The number of ether oxygens (including phenoxy) is 5. The van der Waals surface area contributed by atoms with Crippen LogP contribution in [-0.2, 0) is 73.5 Å². The number of nitro groups is 2. The molecular formula is C45H58N10O19. The lowest BCUT2D eigenvalue weighted by Gasteiger charge is -2.29. The molecule has 6 atom stereocenters. The molecule has 0 spiro atoms. The number of carbonyl (C=O) groups excluding carboxylic acids is 8. The fourth-order valence-electron chi connectivity index (χ4n) is 6.23. The Balaban J connectivity index is 1.50. The molecule has 0 radical (unpaired) electrons. The molecule has 74 heavy (non-hydrogen) atoms. The molecule has 0 aliphatic rings. The number of nitrogens with zero attached hydrogens (tertiary/aromatic N) is 2. The fraction of sp³-hybridized carbons (Fsp3) is 0.422. The second-order valence-electron chi connectivity index (χ2n) is 17.3. The zero-order chi connectivity index (χ0) is 55.5.